The first-order valence-corrected chi connectivity index (χ1v) is 9.69. The largest absolute Gasteiger partial charge is 0.348 e. The van der Waals surface area contributed by atoms with Crippen LogP contribution in [0.1, 0.15) is 43.0 Å². The minimum absolute atomic E-state index is 0.00908. The molecule has 124 valence electrons. The number of aromatic nitrogens is 2. The first-order valence-electron chi connectivity index (χ1n) is 8.08. The van der Waals surface area contributed by atoms with Gasteiger partial charge in [0.15, 0.2) is 0 Å². The zero-order valence-electron chi connectivity index (χ0n) is 13.4. The summed E-state index contributed by atoms with van der Waals surface area (Å²) in [5, 5.41) is 0. The lowest BCUT2D eigenvalue weighted by atomic mass is 9.99. The molecule has 1 aromatic heterocycles. The maximum Gasteiger partial charge on any atom is 0.214 e. The molecule has 2 atom stereocenters. The summed E-state index contributed by atoms with van der Waals surface area (Å²) in [4.78, 5) is 7.40. The Morgan fingerprint density at radius 1 is 1.35 bits per heavy atom. The van der Waals surface area contributed by atoms with E-state index in [1.807, 2.05) is 37.3 Å². The highest BCUT2D eigenvalue weighted by atomic mass is 32.2. The van der Waals surface area contributed by atoms with Gasteiger partial charge in [-0.2, -0.15) is 0 Å². The van der Waals surface area contributed by atoms with Gasteiger partial charge in [-0.25, -0.2) is 17.7 Å². The summed E-state index contributed by atoms with van der Waals surface area (Å²) in [5.74, 6) is 1.20. The number of nitrogens with one attached hydrogen (secondary N) is 1. The van der Waals surface area contributed by atoms with E-state index >= 15 is 0 Å². The third kappa shape index (κ3) is 3.82. The molecule has 0 saturated carbocycles. The van der Waals surface area contributed by atoms with E-state index in [1.165, 1.54) is 0 Å². The van der Waals surface area contributed by atoms with Crippen molar-refractivity contribution in [2.24, 2.45) is 0 Å². The molecule has 6 heteroatoms. The molecule has 3 rings (SSSR count). The summed E-state index contributed by atoms with van der Waals surface area (Å²) in [7, 11) is -3.26. The Kier molecular flexibility index (Phi) is 4.82. The molecule has 2 aromatic rings. The van der Waals surface area contributed by atoms with Crippen LogP contribution in [0.5, 0.6) is 0 Å². The Balaban J connectivity index is 1.69. The molecule has 0 amide bonds. The number of piperidine rings is 1. The van der Waals surface area contributed by atoms with Crippen LogP contribution in [0.15, 0.2) is 42.7 Å². The normalized spacial score (nSPS) is 21.2. The first-order chi connectivity index (χ1) is 11.1. The summed E-state index contributed by atoms with van der Waals surface area (Å²) in [6, 6.07) is 9.83. The molecule has 5 nitrogen and oxygen atoms in total. The number of sulfonamides is 1. The molecule has 1 fully saturated rings. The van der Waals surface area contributed by atoms with E-state index in [0.29, 0.717) is 13.1 Å². The van der Waals surface area contributed by atoms with E-state index in [9.17, 15) is 8.42 Å². The molecular weight excluding hydrogens is 310 g/mol. The zero-order valence-corrected chi connectivity index (χ0v) is 14.2. The number of H-pyrrole nitrogens is 1. The summed E-state index contributed by atoms with van der Waals surface area (Å²) >= 11 is 0. The Hall–Kier alpha value is -1.66. The van der Waals surface area contributed by atoms with E-state index in [0.717, 1.165) is 24.2 Å². The Morgan fingerprint density at radius 3 is 2.83 bits per heavy atom. The molecule has 0 radical (unpaired) electrons. The third-order valence-corrected chi connectivity index (χ3v) is 6.55. The van der Waals surface area contributed by atoms with Crippen molar-refractivity contribution in [1.29, 1.82) is 0 Å². The molecule has 1 aromatic carbocycles. The lowest BCUT2D eigenvalue weighted by Crippen LogP contribution is -2.41. The zero-order chi connectivity index (χ0) is 16.3. The van der Waals surface area contributed by atoms with Gasteiger partial charge in [0.2, 0.25) is 10.0 Å². The van der Waals surface area contributed by atoms with Crippen molar-refractivity contribution in [3.8, 4) is 0 Å². The van der Waals surface area contributed by atoms with Crippen LogP contribution >= 0.6 is 0 Å². The number of hydrogen-bond donors (Lipinski definition) is 1. The second-order valence-electron chi connectivity index (χ2n) is 6.26. The van der Waals surface area contributed by atoms with Crippen molar-refractivity contribution in [2.45, 2.75) is 31.6 Å². The molecule has 1 aliphatic heterocycles. The van der Waals surface area contributed by atoms with E-state index in [1.54, 1.807) is 16.7 Å². The van der Waals surface area contributed by atoms with Crippen LogP contribution in [0.2, 0.25) is 0 Å². The smallest absolute Gasteiger partial charge is 0.214 e. The maximum absolute atomic E-state index is 12.8. The average molecular weight is 333 g/mol. The van der Waals surface area contributed by atoms with Gasteiger partial charge < -0.3 is 4.98 Å². The van der Waals surface area contributed by atoms with Gasteiger partial charge >= 0.3 is 0 Å². The van der Waals surface area contributed by atoms with Crippen molar-refractivity contribution >= 4 is 10.0 Å². The maximum atomic E-state index is 12.8. The molecule has 0 aliphatic carbocycles. The van der Waals surface area contributed by atoms with Gasteiger partial charge in [-0.1, -0.05) is 37.3 Å². The molecule has 23 heavy (non-hydrogen) atoms. The van der Waals surface area contributed by atoms with Crippen molar-refractivity contribution < 1.29 is 8.42 Å². The van der Waals surface area contributed by atoms with E-state index in [-0.39, 0.29) is 17.6 Å². The highest BCUT2D eigenvalue weighted by Gasteiger charge is 2.31. The number of nitrogens with zero attached hydrogens (tertiary/aromatic N) is 2. The van der Waals surface area contributed by atoms with Gasteiger partial charge in [-0.3, -0.25) is 0 Å². The average Bonchev–Trinajstić information content (AvgIpc) is 3.10. The topological polar surface area (TPSA) is 66.1 Å². The lowest BCUT2D eigenvalue weighted by Gasteiger charge is -2.31. The van der Waals surface area contributed by atoms with Gasteiger partial charge in [0, 0.05) is 31.4 Å². The van der Waals surface area contributed by atoms with Crippen molar-refractivity contribution in [2.75, 3.05) is 18.8 Å². The number of benzene rings is 1. The molecule has 2 heterocycles. The van der Waals surface area contributed by atoms with Crippen LogP contribution in [0.3, 0.4) is 0 Å². The van der Waals surface area contributed by atoms with Crippen LogP contribution in [0, 0.1) is 0 Å². The summed E-state index contributed by atoms with van der Waals surface area (Å²) in [6.07, 6.45) is 5.37. The van der Waals surface area contributed by atoms with E-state index in [2.05, 4.69) is 9.97 Å². The van der Waals surface area contributed by atoms with Crippen molar-refractivity contribution in [3.05, 3.63) is 54.1 Å². The van der Waals surface area contributed by atoms with Crippen LogP contribution in [-0.4, -0.2) is 41.5 Å². The molecule has 1 N–H and O–H groups in total. The molecule has 1 aliphatic rings. The minimum Gasteiger partial charge on any atom is -0.348 e. The fourth-order valence-corrected chi connectivity index (χ4v) is 5.07. The van der Waals surface area contributed by atoms with Crippen LogP contribution in [-0.2, 0) is 10.0 Å². The van der Waals surface area contributed by atoms with Crippen LogP contribution < -0.4 is 0 Å². The SMILES string of the molecule is C[C@H](CS(=O)(=O)N1CCC[C@H](c2ncc[nH]2)C1)c1ccccc1. The van der Waals surface area contributed by atoms with Gasteiger partial charge in [-0.15, -0.1) is 0 Å². The quantitative estimate of drug-likeness (QED) is 0.915. The second kappa shape index (κ2) is 6.84. The molecule has 0 spiro atoms. The fourth-order valence-electron chi connectivity index (χ4n) is 3.22. The van der Waals surface area contributed by atoms with Gasteiger partial charge in [0.1, 0.15) is 5.82 Å². The molecule has 0 unspecified atom stereocenters. The van der Waals surface area contributed by atoms with E-state index in [4.69, 9.17) is 0 Å². The van der Waals surface area contributed by atoms with Gasteiger partial charge in [0.25, 0.3) is 0 Å². The molecular formula is C17H23N3O2S. The van der Waals surface area contributed by atoms with Crippen molar-refractivity contribution in [1.82, 2.24) is 14.3 Å². The Labute approximate surface area is 137 Å². The number of imidazole rings is 1. The van der Waals surface area contributed by atoms with Crippen LogP contribution in [0.4, 0.5) is 0 Å². The Bertz CT molecular complexity index is 714. The number of aromatic amines is 1. The monoisotopic (exact) mass is 333 g/mol. The standard InChI is InChI=1S/C17H23N3O2S/c1-14(15-6-3-2-4-7-15)13-23(21,22)20-11-5-8-16(12-20)17-18-9-10-19-17/h2-4,6-7,9-10,14,16H,5,8,11-13H2,1H3,(H,18,19)/t14-,16+/m1/s1. The summed E-state index contributed by atoms with van der Waals surface area (Å²) in [6.45, 7) is 3.11. The summed E-state index contributed by atoms with van der Waals surface area (Å²) in [5.41, 5.74) is 1.07. The predicted molar refractivity (Wildman–Crippen MR) is 90.8 cm³/mol. The predicted octanol–water partition coefficient (Wildman–Crippen LogP) is 2.72. The highest BCUT2D eigenvalue weighted by molar-refractivity contribution is 7.89. The van der Waals surface area contributed by atoms with Crippen molar-refractivity contribution in [3.63, 3.8) is 0 Å². The van der Waals surface area contributed by atoms with E-state index < -0.39 is 10.0 Å². The number of rotatable bonds is 5. The second-order valence-corrected chi connectivity index (χ2v) is 8.28. The van der Waals surface area contributed by atoms with Crippen LogP contribution in [0.25, 0.3) is 0 Å². The Morgan fingerprint density at radius 2 is 2.13 bits per heavy atom. The third-order valence-electron chi connectivity index (χ3n) is 4.51. The van der Waals surface area contributed by atoms with Gasteiger partial charge in [-0.05, 0) is 24.3 Å². The summed E-state index contributed by atoms with van der Waals surface area (Å²) < 4.78 is 27.2. The highest BCUT2D eigenvalue weighted by Crippen LogP contribution is 2.27. The number of hydrogen-bond acceptors (Lipinski definition) is 3. The molecule has 0 bridgehead atoms. The molecule has 1 saturated heterocycles. The van der Waals surface area contributed by atoms with Gasteiger partial charge in [0.05, 0.1) is 5.75 Å². The first kappa shape index (κ1) is 16.2. The fraction of sp³-hybridized carbons (Fsp3) is 0.471. The lowest BCUT2D eigenvalue weighted by molar-refractivity contribution is 0.309. The minimum atomic E-state index is -3.26.